The molecule has 0 bridgehead atoms. The Morgan fingerprint density at radius 2 is 2.14 bits per heavy atom. The average molecular weight is 237 g/mol. The molecule has 1 aliphatic rings. The van der Waals surface area contributed by atoms with E-state index in [1.54, 1.807) is 6.07 Å². The third-order valence-electron chi connectivity index (χ3n) is 1.91. The molecule has 70 valence electrons. The van der Waals surface area contributed by atoms with E-state index < -0.39 is 10.0 Å². The van der Waals surface area contributed by atoms with Crippen LogP contribution >= 0.6 is 0 Å². The zero-order valence-corrected chi connectivity index (χ0v) is 11.7. The fraction of sp³-hybridized carbons (Fsp3) is 0.250. The number of nitrogens with two attached hydrogens (primary N) is 1. The molecular weight excluding hydrogens is 229 g/mol. The summed E-state index contributed by atoms with van der Waals surface area (Å²) in [7, 11) is -3.68. The normalized spacial score (nSPS) is 14.1. The van der Waals surface area contributed by atoms with Crippen molar-refractivity contribution in [1.82, 2.24) is 0 Å². The van der Waals surface area contributed by atoms with Crippen molar-refractivity contribution in [2.75, 3.05) is 6.61 Å². The molecule has 0 aromatic heterocycles. The van der Waals surface area contributed by atoms with Gasteiger partial charge in [0.15, 0.2) is 10.0 Å². The van der Waals surface area contributed by atoms with Crippen LogP contribution in [0, 0.1) is 6.07 Å². The van der Waals surface area contributed by atoms with Crippen molar-refractivity contribution in [3.05, 3.63) is 23.8 Å². The molecule has 0 saturated carbocycles. The number of benzene rings is 1. The van der Waals surface area contributed by atoms with Gasteiger partial charge in [-0.3, -0.25) is 0 Å². The van der Waals surface area contributed by atoms with Crippen molar-refractivity contribution in [3.8, 4) is 5.75 Å². The van der Waals surface area contributed by atoms with Crippen LogP contribution in [0.2, 0.25) is 0 Å². The molecule has 4 nitrogen and oxygen atoms in total. The van der Waals surface area contributed by atoms with Gasteiger partial charge in [-0.05, 0) is 6.42 Å². The summed E-state index contributed by atoms with van der Waals surface area (Å²) in [5.74, 6) is 0.390. The largest absolute Gasteiger partial charge is 1.00 e. The van der Waals surface area contributed by atoms with E-state index in [-0.39, 0.29) is 56.3 Å². The molecule has 0 spiro atoms. The van der Waals surface area contributed by atoms with Gasteiger partial charge in [-0.1, -0.05) is 0 Å². The van der Waals surface area contributed by atoms with E-state index in [4.69, 9.17) is 9.88 Å². The minimum absolute atomic E-state index is 0. The second-order valence-electron chi connectivity index (χ2n) is 2.82. The standard InChI is InChI=1S/C8H8NO3S.K/c9-13(10,11)7-3-1-2-6-4-5-12-8(6)7;/h2-3H,4-5H2,(H2,9,10,11);/q-1;+1. The first kappa shape index (κ1) is 12.6. The van der Waals surface area contributed by atoms with Crippen LogP contribution in [0.15, 0.2) is 17.0 Å². The van der Waals surface area contributed by atoms with E-state index in [0.717, 1.165) is 12.0 Å². The van der Waals surface area contributed by atoms with Gasteiger partial charge in [0.2, 0.25) is 0 Å². The average Bonchev–Trinajstić information content (AvgIpc) is 2.48. The quantitative estimate of drug-likeness (QED) is 0.420. The molecule has 6 heteroatoms. The molecule has 0 atom stereocenters. The second kappa shape index (κ2) is 4.61. The first-order valence-corrected chi connectivity index (χ1v) is 5.32. The maximum absolute atomic E-state index is 11.1. The molecule has 0 saturated heterocycles. The number of hydrogen-bond donors (Lipinski definition) is 1. The summed E-state index contributed by atoms with van der Waals surface area (Å²) in [4.78, 5) is 0.0301. The van der Waals surface area contributed by atoms with Crippen LogP contribution in [-0.4, -0.2) is 15.0 Å². The number of rotatable bonds is 1. The van der Waals surface area contributed by atoms with Gasteiger partial charge in [0, 0.05) is 10.6 Å². The monoisotopic (exact) mass is 237 g/mol. The van der Waals surface area contributed by atoms with Gasteiger partial charge < -0.3 is 4.74 Å². The number of primary sulfonamides is 1. The summed E-state index contributed by atoms with van der Waals surface area (Å²) in [6, 6.07) is 5.78. The maximum atomic E-state index is 11.1. The zero-order valence-electron chi connectivity index (χ0n) is 7.78. The molecule has 0 aliphatic carbocycles. The molecule has 0 unspecified atom stereocenters. The van der Waals surface area contributed by atoms with Crippen LogP contribution in [0.5, 0.6) is 5.75 Å². The summed E-state index contributed by atoms with van der Waals surface area (Å²) in [5.41, 5.74) is 0.853. The van der Waals surface area contributed by atoms with Crippen LogP contribution in [0.25, 0.3) is 0 Å². The Balaban J connectivity index is 0.000000980. The van der Waals surface area contributed by atoms with Gasteiger partial charge in [-0.2, -0.15) is 18.2 Å². The van der Waals surface area contributed by atoms with Crippen molar-refractivity contribution in [1.29, 1.82) is 0 Å². The molecule has 14 heavy (non-hydrogen) atoms. The smallest absolute Gasteiger partial charge is 0.518 e. The Kier molecular flexibility index (Phi) is 4.16. The van der Waals surface area contributed by atoms with Crippen LogP contribution < -0.4 is 61.3 Å². The van der Waals surface area contributed by atoms with E-state index in [9.17, 15) is 8.42 Å². The van der Waals surface area contributed by atoms with Crippen LogP contribution in [0.1, 0.15) is 5.56 Å². The molecule has 2 N–H and O–H groups in total. The van der Waals surface area contributed by atoms with Crippen LogP contribution in [0.4, 0.5) is 0 Å². The summed E-state index contributed by atoms with van der Waals surface area (Å²) >= 11 is 0. The van der Waals surface area contributed by atoms with E-state index in [1.165, 1.54) is 6.07 Å². The molecule has 0 fully saturated rings. The van der Waals surface area contributed by atoms with Gasteiger partial charge in [-0.15, -0.1) is 5.56 Å². The van der Waals surface area contributed by atoms with E-state index >= 15 is 0 Å². The van der Waals surface area contributed by atoms with Crippen LogP contribution in [-0.2, 0) is 16.4 Å². The minimum Gasteiger partial charge on any atom is -0.518 e. The first-order valence-electron chi connectivity index (χ1n) is 3.77. The Hall–Kier alpha value is 0.566. The van der Waals surface area contributed by atoms with Crippen molar-refractivity contribution < 1.29 is 64.5 Å². The van der Waals surface area contributed by atoms with Crippen molar-refractivity contribution in [2.24, 2.45) is 5.14 Å². The number of ether oxygens (including phenoxy) is 1. The van der Waals surface area contributed by atoms with Crippen molar-refractivity contribution >= 4 is 10.0 Å². The number of hydrogen-bond acceptors (Lipinski definition) is 3. The number of sulfonamides is 1. The van der Waals surface area contributed by atoms with E-state index in [2.05, 4.69) is 6.07 Å². The van der Waals surface area contributed by atoms with Crippen molar-refractivity contribution in [3.63, 3.8) is 0 Å². The minimum atomic E-state index is -3.68. The Morgan fingerprint density at radius 3 is 2.79 bits per heavy atom. The van der Waals surface area contributed by atoms with Gasteiger partial charge in [0.25, 0.3) is 0 Å². The molecule has 1 aromatic carbocycles. The topological polar surface area (TPSA) is 69.4 Å². The fourth-order valence-corrected chi connectivity index (χ4v) is 2.01. The molecule has 1 heterocycles. The van der Waals surface area contributed by atoms with E-state index in [1.807, 2.05) is 0 Å². The van der Waals surface area contributed by atoms with Crippen LogP contribution in [0.3, 0.4) is 0 Å². The molecular formula is C8H8KNO3S. The number of fused-ring (bicyclic) bond motifs is 1. The summed E-state index contributed by atoms with van der Waals surface area (Å²) < 4.78 is 27.3. The predicted molar refractivity (Wildman–Crippen MR) is 45.9 cm³/mol. The maximum Gasteiger partial charge on any atom is 1.00 e. The second-order valence-corrected chi connectivity index (χ2v) is 4.35. The SMILES string of the molecule is NS(=O)(=O)c1c[c-]cc2c1OCC2.[K+]. The van der Waals surface area contributed by atoms with Gasteiger partial charge >= 0.3 is 51.4 Å². The molecule has 0 amide bonds. The third-order valence-corrected chi connectivity index (χ3v) is 2.83. The van der Waals surface area contributed by atoms with Crippen molar-refractivity contribution in [2.45, 2.75) is 11.3 Å². The predicted octanol–water partition coefficient (Wildman–Crippen LogP) is -2.93. The molecule has 1 aromatic rings. The molecule has 2 rings (SSSR count). The summed E-state index contributed by atoms with van der Waals surface area (Å²) in [6.07, 6.45) is 0.717. The Bertz CT molecular complexity index is 444. The van der Waals surface area contributed by atoms with Gasteiger partial charge in [-0.25, -0.2) is 13.6 Å². The molecule has 1 aliphatic heterocycles. The van der Waals surface area contributed by atoms with Gasteiger partial charge in [0.1, 0.15) is 0 Å². The fourth-order valence-electron chi connectivity index (χ4n) is 1.33. The first-order chi connectivity index (χ1) is 6.09. The summed E-state index contributed by atoms with van der Waals surface area (Å²) in [6.45, 7) is 0.510. The molecule has 0 radical (unpaired) electrons. The summed E-state index contributed by atoms with van der Waals surface area (Å²) in [5, 5.41) is 5.00. The third kappa shape index (κ3) is 2.38. The van der Waals surface area contributed by atoms with Gasteiger partial charge in [0.05, 0.1) is 6.61 Å². The Morgan fingerprint density at radius 1 is 1.43 bits per heavy atom. The zero-order chi connectivity index (χ0) is 9.47. The Labute approximate surface area is 125 Å². The van der Waals surface area contributed by atoms with E-state index in [0.29, 0.717) is 12.4 Å².